The zero-order valence-electron chi connectivity index (χ0n) is 10.4. The molecule has 0 aliphatic rings. The summed E-state index contributed by atoms with van der Waals surface area (Å²) in [5.74, 6) is 1.16. The van der Waals surface area contributed by atoms with E-state index in [1.807, 2.05) is 48.7 Å². The lowest BCUT2D eigenvalue weighted by molar-refractivity contribution is 0.111. The van der Waals surface area contributed by atoms with Crippen LogP contribution in [0.3, 0.4) is 0 Å². The van der Waals surface area contributed by atoms with E-state index < -0.39 is 0 Å². The zero-order chi connectivity index (χ0) is 13.2. The molecule has 3 aromatic rings. The van der Waals surface area contributed by atoms with E-state index in [1.165, 1.54) is 0 Å². The van der Waals surface area contributed by atoms with Crippen LogP contribution in [0.2, 0.25) is 0 Å². The van der Waals surface area contributed by atoms with Gasteiger partial charge in [-0.1, -0.05) is 18.2 Å². The van der Waals surface area contributed by atoms with Gasteiger partial charge in [0.15, 0.2) is 12.1 Å². The summed E-state index contributed by atoms with van der Waals surface area (Å²) < 4.78 is 7.00. The van der Waals surface area contributed by atoms with E-state index in [9.17, 15) is 4.79 Å². The van der Waals surface area contributed by atoms with Crippen molar-refractivity contribution in [3.63, 3.8) is 0 Å². The third kappa shape index (κ3) is 1.87. The summed E-state index contributed by atoms with van der Waals surface area (Å²) in [6, 6.07) is 13.4. The van der Waals surface area contributed by atoms with E-state index in [0.717, 1.165) is 28.8 Å². The maximum absolute atomic E-state index is 11.1. The summed E-state index contributed by atoms with van der Waals surface area (Å²) in [7, 11) is 1.63. The summed E-state index contributed by atoms with van der Waals surface area (Å²) in [6.45, 7) is 0. The van der Waals surface area contributed by atoms with Gasteiger partial charge in [0.2, 0.25) is 0 Å². The number of nitrogens with zero attached hydrogens (tertiary/aromatic N) is 2. The van der Waals surface area contributed by atoms with Crippen LogP contribution in [0.25, 0.3) is 16.8 Å². The number of aldehydes is 1. The predicted octanol–water partition coefficient (Wildman–Crippen LogP) is 2.82. The summed E-state index contributed by atoms with van der Waals surface area (Å²) in [4.78, 5) is 15.5. The maximum atomic E-state index is 11.1. The monoisotopic (exact) mass is 252 g/mol. The highest BCUT2D eigenvalue weighted by Gasteiger charge is 2.11. The molecule has 2 aromatic heterocycles. The van der Waals surface area contributed by atoms with E-state index in [4.69, 9.17) is 4.74 Å². The molecule has 1 aromatic carbocycles. The van der Waals surface area contributed by atoms with Gasteiger partial charge >= 0.3 is 0 Å². The van der Waals surface area contributed by atoms with Gasteiger partial charge in [0, 0.05) is 11.8 Å². The molecule has 0 saturated heterocycles. The van der Waals surface area contributed by atoms with E-state index in [0.29, 0.717) is 5.82 Å². The van der Waals surface area contributed by atoms with Gasteiger partial charge in [-0.15, -0.1) is 0 Å². The number of carbonyl (C=O) groups is 1. The molecule has 19 heavy (non-hydrogen) atoms. The number of benzene rings is 1. The van der Waals surface area contributed by atoms with Crippen molar-refractivity contribution in [3.8, 4) is 17.0 Å². The molecular weight excluding hydrogens is 240 g/mol. The van der Waals surface area contributed by atoms with Crippen molar-refractivity contribution >= 4 is 11.8 Å². The van der Waals surface area contributed by atoms with Crippen LogP contribution in [-0.4, -0.2) is 22.8 Å². The Labute approximate surface area is 110 Å². The van der Waals surface area contributed by atoms with Crippen LogP contribution in [0, 0.1) is 0 Å². The molecule has 0 radical (unpaired) electrons. The lowest BCUT2D eigenvalue weighted by Gasteiger charge is -2.02. The number of aromatic nitrogens is 2. The van der Waals surface area contributed by atoms with E-state index in [-0.39, 0.29) is 0 Å². The second-order valence-electron chi connectivity index (χ2n) is 4.12. The standard InChI is InChI=1S/C15H12N2O2/c1-19-12-6-4-5-11(9-12)15-13-7-2-3-8-17(13)14(10-18)16-15/h2-10H,1H3. The summed E-state index contributed by atoms with van der Waals surface area (Å²) in [5, 5.41) is 0. The number of fused-ring (bicyclic) bond motifs is 1. The number of rotatable bonds is 3. The number of pyridine rings is 1. The molecule has 2 heterocycles. The molecule has 3 rings (SSSR count). The molecule has 0 unspecified atom stereocenters. The number of hydrogen-bond acceptors (Lipinski definition) is 3. The number of imidazole rings is 1. The molecule has 0 amide bonds. The van der Waals surface area contributed by atoms with Crippen LogP contribution in [0.15, 0.2) is 48.7 Å². The fourth-order valence-corrected chi connectivity index (χ4v) is 2.13. The van der Waals surface area contributed by atoms with Crippen molar-refractivity contribution in [2.24, 2.45) is 0 Å². The fraction of sp³-hybridized carbons (Fsp3) is 0.0667. The first-order chi connectivity index (χ1) is 9.33. The van der Waals surface area contributed by atoms with Crippen molar-refractivity contribution in [2.75, 3.05) is 7.11 Å². The first kappa shape index (κ1) is 11.5. The smallest absolute Gasteiger partial charge is 0.185 e. The highest BCUT2D eigenvalue weighted by molar-refractivity contribution is 5.83. The summed E-state index contributed by atoms with van der Waals surface area (Å²) in [5.41, 5.74) is 2.61. The van der Waals surface area contributed by atoms with E-state index in [1.54, 1.807) is 11.5 Å². The Bertz CT molecular complexity index is 747. The number of carbonyl (C=O) groups excluding carboxylic acids is 1. The van der Waals surface area contributed by atoms with Crippen LogP contribution in [-0.2, 0) is 0 Å². The van der Waals surface area contributed by atoms with Crippen LogP contribution in [0.5, 0.6) is 5.75 Å². The van der Waals surface area contributed by atoms with Gasteiger partial charge < -0.3 is 4.74 Å². The Morgan fingerprint density at radius 3 is 2.89 bits per heavy atom. The van der Waals surface area contributed by atoms with Crippen LogP contribution >= 0.6 is 0 Å². The molecular formula is C15H12N2O2. The summed E-state index contributed by atoms with van der Waals surface area (Å²) in [6.07, 6.45) is 2.59. The molecule has 0 bridgehead atoms. The Morgan fingerprint density at radius 2 is 2.11 bits per heavy atom. The SMILES string of the molecule is COc1cccc(-c2nc(C=O)n3ccccc23)c1. The van der Waals surface area contributed by atoms with Crippen molar-refractivity contribution in [1.29, 1.82) is 0 Å². The van der Waals surface area contributed by atoms with Gasteiger partial charge in [0.05, 0.1) is 18.3 Å². The predicted molar refractivity (Wildman–Crippen MR) is 72.6 cm³/mol. The molecule has 0 aliphatic heterocycles. The van der Waals surface area contributed by atoms with Gasteiger partial charge in [0.25, 0.3) is 0 Å². The average molecular weight is 252 g/mol. The fourth-order valence-electron chi connectivity index (χ4n) is 2.13. The minimum absolute atomic E-state index is 0.397. The van der Waals surface area contributed by atoms with Crippen LogP contribution in [0.1, 0.15) is 10.6 Å². The quantitative estimate of drug-likeness (QED) is 0.673. The third-order valence-electron chi connectivity index (χ3n) is 3.02. The van der Waals surface area contributed by atoms with Crippen LogP contribution < -0.4 is 4.74 Å². The van der Waals surface area contributed by atoms with E-state index >= 15 is 0 Å². The van der Waals surface area contributed by atoms with Gasteiger partial charge in [-0.05, 0) is 24.3 Å². The Balaban J connectivity index is 2.27. The highest BCUT2D eigenvalue weighted by Crippen LogP contribution is 2.27. The zero-order valence-corrected chi connectivity index (χ0v) is 10.4. The second kappa shape index (κ2) is 4.57. The molecule has 0 saturated carbocycles. The van der Waals surface area contributed by atoms with Crippen molar-refractivity contribution in [3.05, 3.63) is 54.5 Å². The van der Waals surface area contributed by atoms with Crippen molar-refractivity contribution < 1.29 is 9.53 Å². The Hall–Kier alpha value is -2.62. The molecule has 0 fully saturated rings. The van der Waals surface area contributed by atoms with Gasteiger partial charge in [-0.3, -0.25) is 9.20 Å². The third-order valence-corrected chi connectivity index (χ3v) is 3.02. The molecule has 4 nitrogen and oxygen atoms in total. The average Bonchev–Trinajstić information content (AvgIpc) is 2.86. The first-order valence-electron chi connectivity index (χ1n) is 5.90. The molecule has 0 atom stereocenters. The molecule has 0 N–H and O–H groups in total. The normalized spacial score (nSPS) is 10.6. The number of methoxy groups -OCH3 is 1. The number of ether oxygens (including phenoxy) is 1. The Morgan fingerprint density at radius 1 is 1.21 bits per heavy atom. The highest BCUT2D eigenvalue weighted by atomic mass is 16.5. The Kier molecular flexibility index (Phi) is 2.76. The maximum Gasteiger partial charge on any atom is 0.185 e. The molecule has 0 spiro atoms. The van der Waals surface area contributed by atoms with Crippen molar-refractivity contribution in [2.45, 2.75) is 0 Å². The number of hydrogen-bond donors (Lipinski definition) is 0. The second-order valence-corrected chi connectivity index (χ2v) is 4.12. The minimum atomic E-state index is 0.397. The molecule has 94 valence electrons. The molecule has 4 heteroatoms. The molecule has 0 aliphatic carbocycles. The minimum Gasteiger partial charge on any atom is -0.497 e. The largest absolute Gasteiger partial charge is 0.497 e. The topological polar surface area (TPSA) is 43.6 Å². The lowest BCUT2D eigenvalue weighted by atomic mass is 10.1. The van der Waals surface area contributed by atoms with Gasteiger partial charge in [0.1, 0.15) is 5.75 Å². The van der Waals surface area contributed by atoms with Gasteiger partial charge in [-0.25, -0.2) is 4.98 Å². The van der Waals surface area contributed by atoms with E-state index in [2.05, 4.69) is 4.98 Å². The lowest BCUT2D eigenvalue weighted by Crippen LogP contribution is -1.89. The van der Waals surface area contributed by atoms with Crippen molar-refractivity contribution in [1.82, 2.24) is 9.38 Å². The summed E-state index contributed by atoms with van der Waals surface area (Å²) >= 11 is 0. The van der Waals surface area contributed by atoms with Crippen LogP contribution in [0.4, 0.5) is 0 Å². The first-order valence-corrected chi connectivity index (χ1v) is 5.90. The van der Waals surface area contributed by atoms with Gasteiger partial charge in [-0.2, -0.15) is 0 Å².